The molecule has 0 radical (unpaired) electrons. The van der Waals surface area contributed by atoms with Gasteiger partial charge in [0.25, 0.3) is 5.56 Å². The van der Waals surface area contributed by atoms with Crippen molar-refractivity contribution in [3.63, 3.8) is 0 Å². The molecule has 1 atom stereocenters. The van der Waals surface area contributed by atoms with E-state index >= 15 is 0 Å². The predicted molar refractivity (Wildman–Crippen MR) is 155 cm³/mol. The zero-order chi connectivity index (χ0) is 28.7. The fourth-order valence-corrected chi connectivity index (χ4v) is 6.12. The molecule has 3 aromatic carbocycles. The van der Waals surface area contributed by atoms with Crippen molar-refractivity contribution in [1.29, 1.82) is 0 Å². The number of hydrogen-bond donors (Lipinski definition) is 1. The van der Waals surface area contributed by atoms with Crippen LogP contribution in [0.3, 0.4) is 0 Å². The lowest BCUT2D eigenvalue weighted by Crippen LogP contribution is -2.40. The molecule has 1 aliphatic heterocycles. The molecule has 1 aliphatic rings. The number of carboxylic acid groups (broad SMARTS) is 1. The SMILES string of the molecule is CCOC(=O)C1=C(C)N=c2s/c(=C\c3ccc(-c4cccc(C(=O)O)c4)o3)c(=O)n2[C@H]1c1cccc2ccccc12. The second kappa shape index (κ2) is 10.5. The third kappa shape index (κ3) is 4.70. The summed E-state index contributed by atoms with van der Waals surface area (Å²) in [5.41, 5.74) is 2.05. The van der Waals surface area contributed by atoms with E-state index in [1.165, 1.54) is 23.5 Å². The van der Waals surface area contributed by atoms with E-state index in [0.29, 0.717) is 37.7 Å². The van der Waals surface area contributed by atoms with E-state index in [0.717, 1.165) is 16.3 Å². The number of esters is 1. The number of aromatic carboxylic acids is 1. The van der Waals surface area contributed by atoms with E-state index < -0.39 is 18.0 Å². The molecule has 0 saturated heterocycles. The lowest BCUT2D eigenvalue weighted by molar-refractivity contribution is -0.139. The van der Waals surface area contributed by atoms with E-state index in [2.05, 4.69) is 4.99 Å². The van der Waals surface area contributed by atoms with Crippen LogP contribution in [0.2, 0.25) is 0 Å². The van der Waals surface area contributed by atoms with Gasteiger partial charge in [0.15, 0.2) is 4.80 Å². The third-order valence-electron chi connectivity index (χ3n) is 6.93. The molecular weight excluding hydrogens is 540 g/mol. The number of carboxylic acids is 1. The molecule has 8 nitrogen and oxygen atoms in total. The number of allylic oxidation sites excluding steroid dienone is 1. The minimum atomic E-state index is -1.03. The van der Waals surface area contributed by atoms with Gasteiger partial charge in [-0.3, -0.25) is 9.36 Å². The van der Waals surface area contributed by atoms with Gasteiger partial charge in [0, 0.05) is 11.6 Å². The van der Waals surface area contributed by atoms with E-state index in [-0.39, 0.29) is 17.7 Å². The van der Waals surface area contributed by atoms with Gasteiger partial charge in [-0.25, -0.2) is 14.6 Å². The van der Waals surface area contributed by atoms with Gasteiger partial charge >= 0.3 is 11.9 Å². The number of carbonyl (C=O) groups is 2. The maximum Gasteiger partial charge on any atom is 0.338 e. The van der Waals surface area contributed by atoms with Crippen molar-refractivity contribution < 1.29 is 23.8 Å². The standard InChI is InChI=1S/C32H24N2O6S/c1-3-39-31(38)27-18(2)33-32-34(28(27)24-13-7-9-19-8-4-5-12-23(19)24)29(35)26(41-32)17-22-14-15-25(40-22)20-10-6-11-21(16-20)30(36)37/h4-17,28H,3H2,1-2H3,(H,36,37)/b26-17-/t28-/m0/s1. The monoisotopic (exact) mass is 564 g/mol. The van der Waals surface area contributed by atoms with Crippen LogP contribution in [0.25, 0.3) is 28.2 Å². The number of hydrogen-bond acceptors (Lipinski definition) is 7. The minimum Gasteiger partial charge on any atom is -0.478 e. The number of thiazole rings is 1. The molecule has 0 bridgehead atoms. The summed E-state index contributed by atoms with van der Waals surface area (Å²) in [5.74, 6) is -0.645. The van der Waals surface area contributed by atoms with Crippen LogP contribution < -0.4 is 14.9 Å². The molecule has 6 rings (SSSR count). The van der Waals surface area contributed by atoms with Crippen LogP contribution in [0.5, 0.6) is 0 Å². The summed E-state index contributed by atoms with van der Waals surface area (Å²) in [6.45, 7) is 3.69. The van der Waals surface area contributed by atoms with Gasteiger partial charge in [0.1, 0.15) is 11.5 Å². The van der Waals surface area contributed by atoms with E-state index in [1.807, 2.05) is 42.5 Å². The molecule has 204 valence electrons. The van der Waals surface area contributed by atoms with Crippen molar-refractivity contribution in [2.45, 2.75) is 19.9 Å². The smallest absolute Gasteiger partial charge is 0.338 e. The second-order valence-electron chi connectivity index (χ2n) is 9.46. The summed E-state index contributed by atoms with van der Waals surface area (Å²) in [7, 11) is 0. The Bertz CT molecular complexity index is 2060. The van der Waals surface area contributed by atoms with Gasteiger partial charge in [-0.15, -0.1) is 0 Å². The highest BCUT2D eigenvalue weighted by Crippen LogP contribution is 2.35. The fraction of sp³-hybridized carbons (Fsp3) is 0.125. The Morgan fingerprint density at radius 2 is 1.85 bits per heavy atom. The first-order valence-electron chi connectivity index (χ1n) is 13.0. The number of fused-ring (bicyclic) bond motifs is 2. The summed E-state index contributed by atoms with van der Waals surface area (Å²) in [4.78, 5) is 43.7. The zero-order valence-electron chi connectivity index (χ0n) is 22.2. The van der Waals surface area contributed by atoms with Gasteiger partial charge in [-0.2, -0.15) is 0 Å². The molecule has 3 heterocycles. The Morgan fingerprint density at radius 1 is 1.07 bits per heavy atom. The maximum atomic E-state index is 14.0. The Kier molecular flexibility index (Phi) is 6.72. The maximum absolute atomic E-state index is 14.0. The highest BCUT2D eigenvalue weighted by atomic mass is 32.1. The van der Waals surface area contributed by atoms with Gasteiger partial charge in [-0.1, -0.05) is 65.9 Å². The number of rotatable bonds is 6. The van der Waals surface area contributed by atoms with E-state index in [1.54, 1.807) is 48.8 Å². The molecule has 1 N–H and O–H groups in total. The van der Waals surface area contributed by atoms with Gasteiger partial charge in [-0.05, 0) is 54.4 Å². The average Bonchev–Trinajstić information content (AvgIpc) is 3.56. The third-order valence-corrected chi connectivity index (χ3v) is 7.91. The van der Waals surface area contributed by atoms with Gasteiger partial charge < -0.3 is 14.3 Å². The number of benzene rings is 3. The van der Waals surface area contributed by atoms with Crippen LogP contribution in [0.15, 0.2) is 104 Å². The molecule has 0 aliphatic carbocycles. The molecule has 9 heteroatoms. The van der Waals surface area contributed by atoms with Crippen LogP contribution in [0, 0.1) is 0 Å². The summed E-state index contributed by atoms with van der Waals surface area (Å²) >= 11 is 1.21. The summed E-state index contributed by atoms with van der Waals surface area (Å²) < 4.78 is 13.3. The molecule has 0 unspecified atom stereocenters. The normalized spacial score (nSPS) is 15.1. The largest absolute Gasteiger partial charge is 0.478 e. The predicted octanol–water partition coefficient (Wildman–Crippen LogP) is 4.91. The van der Waals surface area contributed by atoms with Crippen molar-refractivity contribution in [3.8, 4) is 11.3 Å². The molecule has 41 heavy (non-hydrogen) atoms. The Labute approximate surface area is 237 Å². The Morgan fingerprint density at radius 3 is 2.66 bits per heavy atom. The lowest BCUT2D eigenvalue weighted by Gasteiger charge is -2.25. The van der Waals surface area contributed by atoms with Crippen LogP contribution in [0.4, 0.5) is 0 Å². The van der Waals surface area contributed by atoms with Crippen LogP contribution >= 0.6 is 11.3 Å². The number of aromatic nitrogens is 1. The average molecular weight is 565 g/mol. The van der Waals surface area contributed by atoms with Gasteiger partial charge in [0.2, 0.25) is 0 Å². The topological polar surface area (TPSA) is 111 Å². The van der Waals surface area contributed by atoms with Crippen molar-refractivity contribution in [2.24, 2.45) is 4.99 Å². The summed E-state index contributed by atoms with van der Waals surface area (Å²) in [6.07, 6.45) is 1.64. The van der Waals surface area contributed by atoms with Crippen molar-refractivity contribution in [3.05, 3.63) is 127 Å². The van der Waals surface area contributed by atoms with Crippen molar-refractivity contribution in [2.75, 3.05) is 6.61 Å². The second-order valence-corrected chi connectivity index (χ2v) is 10.5. The number of nitrogens with zero attached hydrogens (tertiary/aromatic N) is 2. The van der Waals surface area contributed by atoms with E-state index in [4.69, 9.17) is 9.15 Å². The Hall–Kier alpha value is -5.02. The highest BCUT2D eigenvalue weighted by molar-refractivity contribution is 7.07. The number of furan rings is 1. The van der Waals surface area contributed by atoms with Crippen LogP contribution in [-0.2, 0) is 9.53 Å². The molecule has 0 saturated carbocycles. The zero-order valence-corrected chi connectivity index (χ0v) is 23.0. The van der Waals surface area contributed by atoms with Crippen molar-refractivity contribution >= 4 is 40.1 Å². The molecule has 5 aromatic rings. The van der Waals surface area contributed by atoms with Crippen LogP contribution in [0.1, 0.15) is 41.6 Å². The van der Waals surface area contributed by atoms with Gasteiger partial charge in [0.05, 0.1) is 34.0 Å². The van der Waals surface area contributed by atoms with Crippen molar-refractivity contribution in [1.82, 2.24) is 4.57 Å². The minimum absolute atomic E-state index is 0.148. The summed E-state index contributed by atoms with van der Waals surface area (Å²) in [6, 6.07) is 22.8. The summed E-state index contributed by atoms with van der Waals surface area (Å²) in [5, 5.41) is 11.2. The molecule has 0 spiro atoms. The first-order valence-corrected chi connectivity index (χ1v) is 13.8. The Balaban J connectivity index is 1.51. The highest BCUT2D eigenvalue weighted by Gasteiger charge is 2.34. The molecule has 0 fully saturated rings. The first kappa shape index (κ1) is 26.2. The fourth-order valence-electron chi connectivity index (χ4n) is 5.09. The molecule has 0 amide bonds. The van der Waals surface area contributed by atoms with E-state index in [9.17, 15) is 19.5 Å². The lowest BCUT2D eigenvalue weighted by atomic mass is 9.91. The number of carbonyl (C=O) groups excluding carboxylic acids is 1. The molecule has 2 aromatic heterocycles. The molecular formula is C32H24N2O6S. The quantitative estimate of drug-likeness (QED) is 0.294. The van der Waals surface area contributed by atoms with Crippen LogP contribution in [-0.4, -0.2) is 28.2 Å². The number of ether oxygens (including phenoxy) is 1. The first-order chi connectivity index (χ1) is 19.9.